The third-order valence-corrected chi connectivity index (χ3v) is 6.75. The summed E-state index contributed by atoms with van der Waals surface area (Å²) in [6.45, 7) is 0. The number of fused-ring (bicyclic) bond motifs is 1. The van der Waals surface area contributed by atoms with Crippen LogP contribution in [0.15, 0.2) is 139 Å². The molecule has 0 radical (unpaired) electrons. The summed E-state index contributed by atoms with van der Waals surface area (Å²) in [4.78, 5) is 20.5. The zero-order valence-corrected chi connectivity index (χ0v) is 19.2. The number of benzene rings is 4. The van der Waals surface area contributed by atoms with Crippen LogP contribution in [0.4, 0.5) is 5.69 Å². The fraction of sp³-hybridized carbons (Fsp3) is 0.0938. The Labute approximate surface area is 205 Å². The Morgan fingerprint density at radius 2 is 1.11 bits per heavy atom. The van der Waals surface area contributed by atoms with Crippen molar-refractivity contribution in [2.24, 2.45) is 5.92 Å². The Hall–Kier alpha value is -4.21. The highest BCUT2D eigenvalue weighted by Crippen LogP contribution is 2.45. The minimum atomic E-state index is -0.452. The van der Waals surface area contributed by atoms with Gasteiger partial charge in [-0.2, -0.15) is 0 Å². The van der Waals surface area contributed by atoms with Crippen LogP contribution in [0.3, 0.4) is 0 Å². The van der Waals surface area contributed by atoms with Crippen molar-refractivity contribution in [1.82, 2.24) is 0 Å². The molecular weight excluding hydrogens is 430 g/mol. The van der Waals surface area contributed by atoms with E-state index < -0.39 is 6.04 Å². The molecule has 0 unspecified atom stereocenters. The zero-order valence-electron chi connectivity index (χ0n) is 19.2. The van der Waals surface area contributed by atoms with Gasteiger partial charge in [0.15, 0.2) is 5.78 Å². The van der Waals surface area contributed by atoms with E-state index in [2.05, 4.69) is 60.7 Å². The fourth-order valence-electron chi connectivity index (χ4n) is 5.15. The summed E-state index contributed by atoms with van der Waals surface area (Å²) < 4.78 is 0. The number of rotatable bonds is 5. The molecule has 0 aromatic heterocycles. The van der Waals surface area contributed by atoms with Gasteiger partial charge >= 0.3 is 0 Å². The lowest BCUT2D eigenvalue weighted by Crippen LogP contribution is -2.39. The minimum absolute atomic E-state index is 0.0637. The monoisotopic (exact) mass is 455 g/mol. The van der Waals surface area contributed by atoms with Crippen LogP contribution in [0.5, 0.6) is 0 Å². The molecule has 6 rings (SSSR count). The van der Waals surface area contributed by atoms with Gasteiger partial charge in [-0.15, -0.1) is 0 Å². The van der Waals surface area contributed by atoms with Gasteiger partial charge in [-0.05, 0) is 34.4 Å². The lowest BCUT2D eigenvalue weighted by Gasteiger charge is -2.25. The SMILES string of the molecule is O=C(c1ccccc1)[C@H]1[C@@H]2C=CC(=C(c3ccccc3)c3ccccc3)[C@@H]2ON1c1ccccc1. The van der Waals surface area contributed by atoms with Gasteiger partial charge in [-0.1, -0.05) is 121 Å². The van der Waals surface area contributed by atoms with Gasteiger partial charge in [0.1, 0.15) is 12.1 Å². The highest BCUT2D eigenvalue weighted by Gasteiger charge is 2.50. The Bertz CT molecular complexity index is 1340. The fourth-order valence-corrected chi connectivity index (χ4v) is 5.15. The lowest BCUT2D eigenvalue weighted by molar-refractivity contribution is 0.0876. The molecular formula is C32H25NO2. The number of anilines is 1. The molecule has 0 N–H and O–H groups in total. The van der Waals surface area contributed by atoms with Crippen molar-refractivity contribution in [1.29, 1.82) is 0 Å². The summed E-state index contributed by atoms with van der Waals surface area (Å²) in [5.41, 5.74) is 6.07. The van der Waals surface area contributed by atoms with Crippen molar-refractivity contribution in [3.63, 3.8) is 0 Å². The number of ketones is 1. The molecule has 4 aromatic rings. The Morgan fingerprint density at radius 1 is 0.629 bits per heavy atom. The van der Waals surface area contributed by atoms with Crippen LogP contribution < -0.4 is 5.06 Å². The van der Waals surface area contributed by atoms with Gasteiger partial charge in [0.25, 0.3) is 0 Å². The lowest BCUT2D eigenvalue weighted by atomic mass is 9.86. The topological polar surface area (TPSA) is 29.5 Å². The van der Waals surface area contributed by atoms with E-state index in [1.54, 1.807) is 0 Å². The Kier molecular flexibility index (Phi) is 5.61. The number of hydrogen-bond acceptors (Lipinski definition) is 3. The van der Waals surface area contributed by atoms with E-state index in [0.29, 0.717) is 5.56 Å². The summed E-state index contributed by atoms with van der Waals surface area (Å²) in [6, 6.07) is 39.8. The summed E-state index contributed by atoms with van der Waals surface area (Å²) >= 11 is 0. The highest BCUT2D eigenvalue weighted by molar-refractivity contribution is 6.03. The maximum Gasteiger partial charge on any atom is 0.188 e. The number of para-hydroxylation sites is 1. The first kappa shape index (κ1) is 21.3. The first-order valence-electron chi connectivity index (χ1n) is 11.9. The summed E-state index contributed by atoms with van der Waals surface area (Å²) in [6.07, 6.45) is 4.04. The van der Waals surface area contributed by atoms with E-state index in [-0.39, 0.29) is 17.8 Å². The predicted molar refractivity (Wildman–Crippen MR) is 140 cm³/mol. The molecule has 1 aliphatic heterocycles. The molecule has 1 heterocycles. The van der Waals surface area contributed by atoms with Gasteiger partial charge in [0.05, 0.1) is 5.69 Å². The minimum Gasteiger partial charge on any atom is -0.292 e. The third kappa shape index (κ3) is 3.90. The van der Waals surface area contributed by atoms with Crippen molar-refractivity contribution >= 4 is 17.0 Å². The van der Waals surface area contributed by atoms with E-state index in [1.807, 2.05) is 77.9 Å². The number of nitrogens with zero attached hydrogens (tertiary/aromatic N) is 1. The molecule has 3 atom stereocenters. The molecule has 0 bridgehead atoms. The molecule has 170 valence electrons. The smallest absolute Gasteiger partial charge is 0.188 e. The van der Waals surface area contributed by atoms with Gasteiger partial charge in [-0.3, -0.25) is 9.63 Å². The van der Waals surface area contributed by atoms with Crippen LogP contribution in [0.25, 0.3) is 5.57 Å². The van der Waals surface area contributed by atoms with Gasteiger partial charge in [0, 0.05) is 11.5 Å². The maximum absolute atomic E-state index is 13.8. The average molecular weight is 456 g/mol. The van der Waals surface area contributed by atoms with Crippen molar-refractivity contribution < 1.29 is 9.63 Å². The van der Waals surface area contributed by atoms with E-state index in [4.69, 9.17) is 4.84 Å². The predicted octanol–water partition coefficient (Wildman–Crippen LogP) is 6.75. The first-order valence-corrected chi connectivity index (χ1v) is 11.9. The van der Waals surface area contributed by atoms with Gasteiger partial charge in [0.2, 0.25) is 0 Å². The number of hydrogen-bond donors (Lipinski definition) is 0. The van der Waals surface area contributed by atoms with Crippen LogP contribution in [0, 0.1) is 5.92 Å². The zero-order chi connectivity index (χ0) is 23.6. The summed E-state index contributed by atoms with van der Waals surface area (Å²) in [5.74, 6) is -0.0332. The largest absolute Gasteiger partial charge is 0.292 e. The van der Waals surface area contributed by atoms with Crippen LogP contribution in [0.1, 0.15) is 21.5 Å². The van der Waals surface area contributed by atoms with E-state index in [9.17, 15) is 4.79 Å². The summed E-state index contributed by atoms with van der Waals surface area (Å²) in [7, 11) is 0. The quantitative estimate of drug-likeness (QED) is 0.312. The van der Waals surface area contributed by atoms with Gasteiger partial charge < -0.3 is 0 Å². The van der Waals surface area contributed by atoms with Crippen LogP contribution >= 0.6 is 0 Å². The Morgan fingerprint density at radius 3 is 1.66 bits per heavy atom. The number of Topliss-reactive ketones (excluding diaryl/α,β-unsaturated/α-hetero) is 1. The van der Waals surface area contributed by atoms with Crippen LogP contribution in [0.2, 0.25) is 0 Å². The Balaban J connectivity index is 1.48. The van der Waals surface area contributed by atoms with Crippen molar-refractivity contribution in [2.75, 3.05) is 5.06 Å². The maximum atomic E-state index is 13.8. The van der Waals surface area contributed by atoms with Crippen molar-refractivity contribution in [3.05, 3.63) is 156 Å². The molecule has 1 aliphatic carbocycles. The molecule has 35 heavy (non-hydrogen) atoms. The number of carbonyl (C=O) groups excluding carboxylic acids is 1. The molecule has 3 nitrogen and oxygen atoms in total. The standard InChI is InChI=1S/C32H25NO2/c34-31(25-17-9-3-10-18-25)30-28-22-21-27(32(28)35-33(30)26-19-11-4-12-20-26)29(23-13-5-1-6-14-23)24-15-7-2-8-16-24/h1-22,28,30,32H/t28-,30+,32-/m0/s1. The normalized spacial score (nSPS) is 20.6. The second kappa shape index (κ2) is 9.21. The van der Waals surface area contributed by atoms with E-state index in [1.165, 1.54) is 0 Å². The molecule has 3 heteroatoms. The number of hydroxylamine groups is 1. The molecule has 2 aliphatic rings. The molecule has 1 fully saturated rings. The molecule has 1 saturated heterocycles. The molecule has 4 aromatic carbocycles. The highest BCUT2D eigenvalue weighted by atomic mass is 16.7. The molecule has 0 amide bonds. The van der Waals surface area contributed by atoms with Crippen LogP contribution in [-0.4, -0.2) is 17.9 Å². The second-order valence-electron chi connectivity index (χ2n) is 8.86. The van der Waals surface area contributed by atoms with E-state index >= 15 is 0 Å². The summed E-state index contributed by atoms with van der Waals surface area (Å²) in [5, 5.41) is 1.82. The van der Waals surface area contributed by atoms with Crippen molar-refractivity contribution in [3.8, 4) is 0 Å². The third-order valence-electron chi connectivity index (χ3n) is 6.75. The van der Waals surface area contributed by atoms with Crippen molar-refractivity contribution in [2.45, 2.75) is 12.1 Å². The average Bonchev–Trinajstić information content (AvgIpc) is 3.51. The first-order chi connectivity index (χ1) is 17.3. The van der Waals surface area contributed by atoms with Gasteiger partial charge in [-0.25, -0.2) is 5.06 Å². The number of carbonyl (C=O) groups is 1. The van der Waals surface area contributed by atoms with Crippen LogP contribution in [-0.2, 0) is 4.84 Å². The van der Waals surface area contributed by atoms with E-state index in [0.717, 1.165) is 28.0 Å². The molecule has 0 spiro atoms. The second-order valence-corrected chi connectivity index (χ2v) is 8.86. The molecule has 0 saturated carbocycles.